The van der Waals surface area contributed by atoms with Crippen molar-refractivity contribution in [2.24, 2.45) is 0 Å². The first-order valence-corrected chi connectivity index (χ1v) is 5.72. The molecule has 1 aliphatic rings. The SMILES string of the molecule is Nc1ccc(CNCC2CCCO2)c(N)c1. The summed E-state index contributed by atoms with van der Waals surface area (Å²) in [5.41, 5.74) is 14.0. The van der Waals surface area contributed by atoms with Gasteiger partial charge in [-0.05, 0) is 30.5 Å². The molecule has 0 bridgehead atoms. The Bertz CT molecular complexity index is 348. The molecule has 16 heavy (non-hydrogen) atoms. The zero-order valence-corrected chi connectivity index (χ0v) is 9.41. The summed E-state index contributed by atoms with van der Waals surface area (Å²) in [4.78, 5) is 0. The van der Waals surface area contributed by atoms with Gasteiger partial charge in [0.05, 0.1) is 6.10 Å². The standard InChI is InChI=1S/C12H19N3O/c13-10-4-3-9(12(14)6-10)7-15-8-11-2-1-5-16-11/h3-4,6,11,15H,1-2,5,7-8,13-14H2. The second kappa shape index (κ2) is 5.18. The van der Waals surface area contributed by atoms with Gasteiger partial charge in [-0.25, -0.2) is 0 Å². The molecule has 0 aromatic heterocycles. The highest BCUT2D eigenvalue weighted by Gasteiger charge is 2.14. The molecule has 0 spiro atoms. The molecular formula is C12H19N3O. The largest absolute Gasteiger partial charge is 0.399 e. The summed E-state index contributed by atoms with van der Waals surface area (Å²) in [6, 6.07) is 5.63. The maximum atomic E-state index is 5.86. The Balaban J connectivity index is 1.80. The minimum absolute atomic E-state index is 0.370. The molecule has 5 N–H and O–H groups in total. The van der Waals surface area contributed by atoms with Crippen molar-refractivity contribution in [1.82, 2.24) is 5.32 Å². The van der Waals surface area contributed by atoms with Crippen LogP contribution >= 0.6 is 0 Å². The van der Waals surface area contributed by atoms with Crippen LogP contribution in [0.3, 0.4) is 0 Å². The highest BCUT2D eigenvalue weighted by molar-refractivity contribution is 5.56. The first-order valence-electron chi connectivity index (χ1n) is 5.72. The monoisotopic (exact) mass is 221 g/mol. The normalized spacial score (nSPS) is 20.1. The molecule has 0 amide bonds. The summed E-state index contributed by atoms with van der Waals surface area (Å²) >= 11 is 0. The van der Waals surface area contributed by atoms with E-state index >= 15 is 0 Å². The minimum atomic E-state index is 0.370. The maximum Gasteiger partial charge on any atom is 0.0700 e. The Morgan fingerprint density at radius 2 is 2.25 bits per heavy atom. The van der Waals surface area contributed by atoms with E-state index in [0.29, 0.717) is 11.8 Å². The molecule has 4 nitrogen and oxygen atoms in total. The number of rotatable bonds is 4. The van der Waals surface area contributed by atoms with Crippen molar-refractivity contribution in [1.29, 1.82) is 0 Å². The molecule has 2 rings (SSSR count). The number of nitrogens with one attached hydrogen (secondary N) is 1. The van der Waals surface area contributed by atoms with E-state index in [1.807, 2.05) is 12.1 Å². The fourth-order valence-corrected chi connectivity index (χ4v) is 1.95. The van der Waals surface area contributed by atoms with E-state index in [2.05, 4.69) is 5.32 Å². The summed E-state index contributed by atoms with van der Waals surface area (Å²) in [7, 11) is 0. The van der Waals surface area contributed by atoms with Gasteiger partial charge in [0, 0.05) is 31.1 Å². The van der Waals surface area contributed by atoms with Gasteiger partial charge in [-0.3, -0.25) is 0 Å². The van der Waals surface area contributed by atoms with Gasteiger partial charge in [-0.15, -0.1) is 0 Å². The molecule has 4 heteroatoms. The average Bonchev–Trinajstić information content (AvgIpc) is 2.74. The lowest BCUT2D eigenvalue weighted by atomic mass is 10.1. The molecule has 1 aromatic rings. The first-order chi connectivity index (χ1) is 7.75. The van der Waals surface area contributed by atoms with Gasteiger partial charge in [-0.2, -0.15) is 0 Å². The Labute approximate surface area is 96.0 Å². The second-order valence-corrected chi connectivity index (χ2v) is 4.22. The summed E-state index contributed by atoms with van der Waals surface area (Å²) in [5.74, 6) is 0. The fourth-order valence-electron chi connectivity index (χ4n) is 1.95. The number of nitrogens with two attached hydrogens (primary N) is 2. The number of nitrogen functional groups attached to an aromatic ring is 2. The van der Waals surface area contributed by atoms with Crippen LogP contribution in [-0.2, 0) is 11.3 Å². The molecule has 0 saturated carbocycles. The van der Waals surface area contributed by atoms with Crippen LogP contribution in [0.1, 0.15) is 18.4 Å². The average molecular weight is 221 g/mol. The molecule has 1 saturated heterocycles. The van der Waals surface area contributed by atoms with Crippen molar-refractivity contribution in [3.8, 4) is 0 Å². The predicted molar refractivity (Wildman–Crippen MR) is 65.9 cm³/mol. The van der Waals surface area contributed by atoms with Crippen molar-refractivity contribution < 1.29 is 4.74 Å². The zero-order valence-electron chi connectivity index (χ0n) is 9.41. The fraction of sp³-hybridized carbons (Fsp3) is 0.500. The number of benzene rings is 1. The number of anilines is 2. The molecule has 1 aliphatic heterocycles. The van der Waals surface area contributed by atoms with Gasteiger partial charge >= 0.3 is 0 Å². The molecule has 1 fully saturated rings. The van der Waals surface area contributed by atoms with Crippen LogP contribution in [0.5, 0.6) is 0 Å². The van der Waals surface area contributed by atoms with Gasteiger partial charge in [-0.1, -0.05) is 6.07 Å². The Hall–Kier alpha value is -1.26. The molecule has 1 unspecified atom stereocenters. The molecule has 0 radical (unpaired) electrons. The maximum absolute atomic E-state index is 5.86. The molecule has 1 heterocycles. The van der Waals surface area contributed by atoms with Crippen LogP contribution in [0.25, 0.3) is 0 Å². The van der Waals surface area contributed by atoms with E-state index in [1.54, 1.807) is 6.07 Å². The second-order valence-electron chi connectivity index (χ2n) is 4.22. The third-order valence-corrected chi connectivity index (χ3v) is 2.88. The first kappa shape index (κ1) is 11.2. The lowest BCUT2D eigenvalue weighted by Crippen LogP contribution is -2.26. The summed E-state index contributed by atoms with van der Waals surface area (Å²) in [5, 5.41) is 3.36. The van der Waals surface area contributed by atoms with E-state index in [4.69, 9.17) is 16.2 Å². The van der Waals surface area contributed by atoms with Crippen molar-refractivity contribution in [3.05, 3.63) is 23.8 Å². The topological polar surface area (TPSA) is 73.3 Å². The Kier molecular flexibility index (Phi) is 3.64. The van der Waals surface area contributed by atoms with Crippen LogP contribution in [0.15, 0.2) is 18.2 Å². The Morgan fingerprint density at radius 3 is 2.94 bits per heavy atom. The van der Waals surface area contributed by atoms with Crippen molar-refractivity contribution in [3.63, 3.8) is 0 Å². The number of ether oxygens (including phenoxy) is 1. The number of hydrogen-bond donors (Lipinski definition) is 3. The Morgan fingerprint density at radius 1 is 1.38 bits per heavy atom. The van der Waals surface area contributed by atoms with Gasteiger partial charge < -0.3 is 21.5 Å². The van der Waals surface area contributed by atoms with Crippen LogP contribution in [0, 0.1) is 0 Å². The predicted octanol–water partition coefficient (Wildman–Crippen LogP) is 1.12. The zero-order chi connectivity index (χ0) is 11.4. The van der Waals surface area contributed by atoms with Crippen LogP contribution in [-0.4, -0.2) is 19.3 Å². The molecule has 88 valence electrons. The lowest BCUT2D eigenvalue weighted by molar-refractivity contribution is 0.110. The van der Waals surface area contributed by atoms with E-state index in [-0.39, 0.29) is 0 Å². The third-order valence-electron chi connectivity index (χ3n) is 2.88. The minimum Gasteiger partial charge on any atom is -0.399 e. The molecule has 0 aliphatic carbocycles. The van der Waals surface area contributed by atoms with Gasteiger partial charge in [0.2, 0.25) is 0 Å². The van der Waals surface area contributed by atoms with Gasteiger partial charge in [0.15, 0.2) is 0 Å². The summed E-state index contributed by atoms with van der Waals surface area (Å²) in [6.45, 7) is 2.56. The van der Waals surface area contributed by atoms with Crippen LogP contribution in [0.2, 0.25) is 0 Å². The van der Waals surface area contributed by atoms with E-state index in [0.717, 1.165) is 37.4 Å². The van der Waals surface area contributed by atoms with Crippen molar-refractivity contribution in [2.75, 3.05) is 24.6 Å². The van der Waals surface area contributed by atoms with E-state index < -0.39 is 0 Å². The quantitative estimate of drug-likeness (QED) is 0.666. The van der Waals surface area contributed by atoms with Crippen molar-refractivity contribution in [2.45, 2.75) is 25.5 Å². The van der Waals surface area contributed by atoms with Crippen LogP contribution < -0.4 is 16.8 Å². The number of hydrogen-bond acceptors (Lipinski definition) is 4. The highest BCUT2D eigenvalue weighted by atomic mass is 16.5. The van der Waals surface area contributed by atoms with Crippen molar-refractivity contribution >= 4 is 11.4 Å². The smallest absolute Gasteiger partial charge is 0.0700 e. The van der Waals surface area contributed by atoms with E-state index in [9.17, 15) is 0 Å². The summed E-state index contributed by atoms with van der Waals surface area (Å²) in [6.07, 6.45) is 2.70. The molecule has 1 atom stereocenters. The molecule has 1 aromatic carbocycles. The third kappa shape index (κ3) is 2.87. The van der Waals surface area contributed by atoms with Gasteiger partial charge in [0.1, 0.15) is 0 Å². The van der Waals surface area contributed by atoms with E-state index in [1.165, 1.54) is 6.42 Å². The summed E-state index contributed by atoms with van der Waals surface area (Å²) < 4.78 is 5.53. The lowest BCUT2D eigenvalue weighted by Gasteiger charge is -2.12. The highest BCUT2D eigenvalue weighted by Crippen LogP contribution is 2.16. The van der Waals surface area contributed by atoms with Gasteiger partial charge in [0.25, 0.3) is 0 Å². The molecular weight excluding hydrogens is 202 g/mol. The van der Waals surface area contributed by atoms with Crippen LogP contribution in [0.4, 0.5) is 11.4 Å².